The van der Waals surface area contributed by atoms with Gasteiger partial charge in [0.05, 0.1) is 22.1 Å². The molecule has 0 amide bonds. The summed E-state index contributed by atoms with van der Waals surface area (Å²) in [4.78, 5) is 0. The van der Waals surface area contributed by atoms with Crippen molar-refractivity contribution in [3.05, 3.63) is 39.5 Å². The van der Waals surface area contributed by atoms with Gasteiger partial charge in [0, 0.05) is 31.0 Å². The van der Waals surface area contributed by atoms with E-state index in [-0.39, 0.29) is 6.04 Å². The van der Waals surface area contributed by atoms with Crippen LogP contribution in [0.4, 0.5) is 0 Å². The van der Waals surface area contributed by atoms with Crippen molar-refractivity contribution in [2.45, 2.75) is 46.2 Å². The molecule has 5 heteroatoms. The lowest BCUT2D eigenvalue weighted by Gasteiger charge is -2.13. The van der Waals surface area contributed by atoms with E-state index in [1.54, 1.807) is 6.26 Å². The van der Waals surface area contributed by atoms with Gasteiger partial charge >= 0.3 is 0 Å². The van der Waals surface area contributed by atoms with Crippen LogP contribution in [-0.2, 0) is 19.4 Å². The molecule has 4 nitrogen and oxygen atoms in total. The maximum absolute atomic E-state index is 6.33. The Hall–Kier alpha value is -1.07. The van der Waals surface area contributed by atoms with Gasteiger partial charge in [-0.25, -0.2) is 0 Å². The van der Waals surface area contributed by atoms with E-state index in [0.717, 1.165) is 46.6 Å². The molecule has 0 spiro atoms. The van der Waals surface area contributed by atoms with Gasteiger partial charge in [-0.1, -0.05) is 6.92 Å². The van der Waals surface area contributed by atoms with Crippen molar-refractivity contribution in [2.24, 2.45) is 5.73 Å². The van der Waals surface area contributed by atoms with Crippen molar-refractivity contribution in [2.75, 3.05) is 0 Å². The molecule has 2 N–H and O–H groups in total. The molecule has 0 aliphatic heterocycles. The lowest BCUT2D eigenvalue weighted by molar-refractivity contribution is 0.503. The second-order valence-corrected chi connectivity index (χ2v) is 5.42. The molecule has 1 unspecified atom stereocenters. The smallest absolute Gasteiger partial charge is 0.108 e. The highest BCUT2D eigenvalue weighted by atomic mass is 79.9. The Bertz CT molecular complexity index is 559. The number of nitrogens with zero attached hydrogens (tertiary/aromatic N) is 2. The molecule has 0 aliphatic rings. The van der Waals surface area contributed by atoms with Crippen LogP contribution in [-0.4, -0.2) is 9.78 Å². The molecular formula is C14H20BrN3O. The predicted octanol–water partition coefficient (Wildman–Crippen LogP) is 3.37. The van der Waals surface area contributed by atoms with Gasteiger partial charge in [0.2, 0.25) is 0 Å². The Morgan fingerprint density at radius 3 is 2.84 bits per heavy atom. The van der Waals surface area contributed by atoms with Crippen molar-refractivity contribution >= 4 is 15.9 Å². The van der Waals surface area contributed by atoms with E-state index in [9.17, 15) is 0 Å². The maximum atomic E-state index is 6.33. The van der Waals surface area contributed by atoms with E-state index in [1.807, 2.05) is 17.7 Å². The highest BCUT2D eigenvalue weighted by molar-refractivity contribution is 9.10. The van der Waals surface area contributed by atoms with Gasteiger partial charge in [-0.2, -0.15) is 5.10 Å². The molecule has 2 heterocycles. The molecule has 2 aromatic heterocycles. The first kappa shape index (κ1) is 14.3. The van der Waals surface area contributed by atoms with Crippen molar-refractivity contribution in [3.8, 4) is 0 Å². The summed E-state index contributed by atoms with van der Waals surface area (Å²) >= 11 is 3.61. The molecule has 104 valence electrons. The summed E-state index contributed by atoms with van der Waals surface area (Å²) in [6.45, 7) is 7.01. The van der Waals surface area contributed by atoms with Crippen LogP contribution in [0.15, 0.2) is 21.2 Å². The van der Waals surface area contributed by atoms with Crippen LogP contribution in [0.1, 0.15) is 42.6 Å². The molecule has 0 aromatic carbocycles. The third-order valence-electron chi connectivity index (χ3n) is 3.37. The van der Waals surface area contributed by atoms with Crippen LogP contribution in [0.2, 0.25) is 0 Å². The summed E-state index contributed by atoms with van der Waals surface area (Å²) in [5.41, 5.74) is 9.58. The molecule has 2 rings (SSSR count). The van der Waals surface area contributed by atoms with E-state index in [4.69, 9.17) is 10.2 Å². The molecular weight excluding hydrogens is 306 g/mol. The number of aromatic nitrogens is 2. The van der Waals surface area contributed by atoms with E-state index >= 15 is 0 Å². The van der Waals surface area contributed by atoms with Crippen LogP contribution in [0.25, 0.3) is 0 Å². The summed E-state index contributed by atoms with van der Waals surface area (Å²) in [5.74, 6) is 0.975. The quantitative estimate of drug-likeness (QED) is 0.916. The van der Waals surface area contributed by atoms with Gasteiger partial charge in [-0.15, -0.1) is 0 Å². The number of hydrogen-bond acceptors (Lipinski definition) is 3. The van der Waals surface area contributed by atoms with Gasteiger partial charge in [0.15, 0.2) is 0 Å². The second kappa shape index (κ2) is 5.92. The van der Waals surface area contributed by atoms with E-state index in [2.05, 4.69) is 34.9 Å². The summed E-state index contributed by atoms with van der Waals surface area (Å²) in [5, 5.41) is 4.50. The number of hydrogen-bond donors (Lipinski definition) is 1. The summed E-state index contributed by atoms with van der Waals surface area (Å²) < 4.78 is 8.52. The van der Waals surface area contributed by atoms with Crippen LogP contribution < -0.4 is 5.73 Å². The summed E-state index contributed by atoms with van der Waals surface area (Å²) in [6, 6.07) is 1.91. The number of aryl methyl sites for hydroxylation is 3. The third kappa shape index (κ3) is 2.77. The fourth-order valence-electron chi connectivity index (χ4n) is 2.35. The minimum Gasteiger partial charge on any atom is -0.469 e. The Labute approximate surface area is 122 Å². The summed E-state index contributed by atoms with van der Waals surface area (Å²) in [6.07, 6.45) is 3.33. The van der Waals surface area contributed by atoms with E-state index in [1.165, 1.54) is 0 Å². The Kier molecular flexibility index (Phi) is 4.47. The highest BCUT2D eigenvalue weighted by Gasteiger charge is 2.19. The van der Waals surface area contributed by atoms with Gasteiger partial charge in [-0.05, 0) is 35.8 Å². The van der Waals surface area contributed by atoms with Crippen molar-refractivity contribution < 1.29 is 4.42 Å². The van der Waals surface area contributed by atoms with Gasteiger partial charge in [-0.3, -0.25) is 4.68 Å². The van der Waals surface area contributed by atoms with Crippen LogP contribution >= 0.6 is 15.9 Å². The number of rotatable bonds is 5. The monoisotopic (exact) mass is 325 g/mol. The average Bonchev–Trinajstić information content (AvgIpc) is 2.98. The molecule has 0 aliphatic carbocycles. The second-order valence-electron chi connectivity index (χ2n) is 4.63. The van der Waals surface area contributed by atoms with Crippen LogP contribution in [0, 0.1) is 6.92 Å². The van der Waals surface area contributed by atoms with Crippen molar-refractivity contribution in [1.82, 2.24) is 9.78 Å². The molecule has 0 saturated heterocycles. The Balaban J connectivity index is 2.26. The van der Waals surface area contributed by atoms with Crippen LogP contribution in [0.3, 0.4) is 0 Å². The zero-order valence-electron chi connectivity index (χ0n) is 11.6. The third-order valence-corrected chi connectivity index (χ3v) is 4.40. The zero-order chi connectivity index (χ0) is 14.0. The fourth-order valence-corrected chi connectivity index (χ4v) is 2.80. The maximum Gasteiger partial charge on any atom is 0.108 e. The first-order chi connectivity index (χ1) is 9.08. The first-order valence-electron chi connectivity index (χ1n) is 6.62. The number of halogens is 1. The minimum atomic E-state index is -0.0635. The molecule has 0 bridgehead atoms. The Morgan fingerprint density at radius 1 is 1.47 bits per heavy atom. The topological polar surface area (TPSA) is 57.0 Å². The van der Waals surface area contributed by atoms with Gasteiger partial charge < -0.3 is 10.2 Å². The fraction of sp³-hybridized carbons (Fsp3) is 0.500. The standard InChI is InChI=1S/C14H20BrN3O/c1-4-13-10(6-7-19-13)11(16)8-12-14(15)9(3)17-18(12)5-2/h6-7,11H,4-5,8,16H2,1-3H3. The molecule has 19 heavy (non-hydrogen) atoms. The first-order valence-corrected chi connectivity index (χ1v) is 7.41. The predicted molar refractivity (Wildman–Crippen MR) is 79.1 cm³/mol. The molecule has 0 radical (unpaired) electrons. The average molecular weight is 326 g/mol. The summed E-state index contributed by atoms with van der Waals surface area (Å²) in [7, 11) is 0. The molecule has 0 fully saturated rings. The van der Waals surface area contributed by atoms with Crippen molar-refractivity contribution in [3.63, 3.8) is 0 Å². The van der Waals surface area contributed by atoms with Crippen molar-refractivity contribution in [1.29, 1.82) is 0 Å². The lowest BCUT2D eigenvalue weighted by Crippen LogP contribution is -2.17. The minimum absolute atomic E-state index is 0.0635. The largest absolute Gasteiger partial charge is 0.469 e. The number of furan rings is 1. The lowest BCUT2D eigenvalue weighted by atomic mass is 10.0. The van der Waals surface area contributed by atoms with E-state index < -0.39 is 0 Å². The van der Waals surface area contributed by atoms with Crippen LogP contribution in [0.5, 0.6) is 0 Å². The molecule has 0 saturated carbocycles. The SMILES string of the molecule is CCc1occc1C(N)Cc1c(Br)c(C)nn1CC. The van der Waals surface area contributed by atoms with E-state index in [0.29, 0.717) is 0 Å². The highest BCUT2D eigenvalue weighted by Crippen LogP contribution is 2.27. The normalized spacial score (nSPS) is 12.9. The zero-order valence-corrected chi connectivity index (χ0v) is 13.2. The number of nitrogens with two attached hydrogens (primary N) is 1. The molecule has 1 atom stereocenters. The molecule has 2 aromatic rings. The van der Waals surface area contributed by atoms with Gasteiger partial charge in [0.25, 0.3) is 0 Å². The van der Waals surface area contributed by atoms with Gasteiger partial charge in [0.1, 0.15) is 5.76 Å². The Morgan fingerprint density at radius 2 is 2.21 bits per heavy atom.